The van der Waals surface area contributed by atoms with E-state index < -0.39 is 0 Å². The molecule has 1 heterocycles. The number of para-hydroxylation sites is 2. The first-order valence-corrected chi connectivity index (χ1v) is 7.39. The largest absolute Gasteiger partial charge is 0.376 e. The summed E-state index contributed by atoms with van der Waals surface area (Å²) in [5.74, 6) is 0. The van der Waals surface area contributed by atoms with Gasteiger partial charge in [-0.1, -0.05) is 25.5 Å². The van der Waals surface area contributed by atoms with Crippen LogP contribution in [0.3, 0.4) is 0 Å². The van der Waals surface area contributed by atoms with Crippen molar-refractivity contribution in [2.75, 3.05) is 37.0 Å². The van der Waals surface area contributed by atoms with Crippen molar-refractivity contribution in [2.24, 2.45) is 0 Å². The van der Waals surface area contributed by atoms with Gasteiger partial charge in [0.15, 0.2) is 0 Å². The van der Waals surface area contributed by atoms with Crippen LogP contribution in [-0.4, -0.2) is 39.3 Å². The van der Waals surface area contributed by atoms with E-state index in [1.165, 1.54) is 24.2 Å². The Bertz CT molecular complexity index is 403. The Kier molecular flexibility index (Phi) is 4.70. The van der Waals surface area contributed by atoms with E-state index in [9.17, 15) is 0 Å². The number of nitrogens with zero attached hydrogens (tertiary/aromatic N) is 2. The van der Waals surface area contributed by atoms with Crippen LogP contribution in [0.25, 0.3) is 0 Å². The Labute approximate surface area is 117 Å². The van der Waals surface area contributed by atoms with Crippen molar-refractivity contribution in [1.82, 2.24) is 5.32 Å². The van der Waals surface area contributed by atoms with E-state index in [0.717, 1.165) is 13.1 Å². The molecule has 1 aliphatic heterocycles. The summed E-state index contributed by atoms with van der Waals surface area (Å²) in [6, 6.07) is 9.89. The van der Waals surface area contributed by atoms with Gasteiger partial charge < -0.3 is 15.1 Å². The molecule has 0 aliphatic carbocycles. The molecule has 1 aromatic rings. The molecule has 19 heavy (non-hydrogen) atoms. The Morgan fingerprint density at radius 3 is 2.74 bits per heavy atom. The summed E-state index contributed by atoms with van der Waals surface area (Å²) in [7, 11) is 4.24. The van der Waals surface area contributed by atoms with Crippen LogP contribution in [0.4, 0.5) is 11.4 Å². The molecule has 0 saturated carbocycles. The fourth-order valence-corrected chi connectivity index (χ4v) is 2.89. The zero-order chi connectivity index (χ0) is 13.8. The minimum atomic E-state index is 0.550. The topological polar surface area (TPSA) is 18.5 Å². The maximum Gasteiger partial charge on any atom is 0.0607 e. The average Bonchev–Trinajstić information content (AvgIpc) is 2.41. The third-order valence-corrected chi connectivity index (χ3v) is 3.96. The first-order valence-electron chi connectivity index (χ1n) is 7.39. The van der Waals surface area contributed by atoms with Crippen LogP contribution in [0, 0.1) is 0 Å². The second kappa shape index (κ2) is 6.29. The van der Waals surface area contributed by atoms with E-state index in [0.29, 0.717) is 12.1 Å². The van der Waals surface area contributed by atoms with Gasteiger partial charge >= 0.3 is 0 Å². The number of hydrogen-bond acceptors (Lipinski definition) is 3. The van der Waals surface area contributed by atoms with Gasteiger partial charge in [0, 0.05) is 39.3 Å². The zero-order valence-corrected chi connectivity index (χ0v) is 12.7. The minimum absolute atomic E-state index is 0.550. The summed E-state index contributed by atoms with van der Waals surface area (Å²) >= 11 is 0. The summed E-state index contributed by atoms with van der Waals surface area (Å²) in [6.45, 7) is 6.76. The van der Waals surface area contributed by atoms with Crippen LogP contribution in [0.5, 0.6) is 0 Å². The number of piperazine rings is 1. The summed E-state index contributed by atoms with van der Waals surface area (Å²) in [4.78, 5) is 4.77. The zero-order valence-electron chi connectivity index (χ0n) is 12.7. The van der Waals surface area contributed by atoms with E-state index in [4.69, 9.17) is 0 Å². The standard InChI is InChI=1S/C16H27N3/c1-5-8-14-12-19(13(2)11-17-14)16-10-7-6-9-15(16)18(3)4/h6-7,9-10,13-14,17H,5,8,11-12H2,1-4H3. The van der Waals surface area contributed by atoms with Gasteiger partial charge in [0.05, 0.1) is 11.4 Å². The normalized spacial score (nSPS) is 23.5. The van der Waals surface area contributed by atoms with Crippen molar-refractivity contribution in [3.63, 3.8) is 0 Å². The second-order valence-electron chi connectivity index (χ2n) is 5.78. The molecule has 0 radical (unpaired) electrons. The monoisotopic (exact) mass is 261 g/mol. The van der Waals surface area contributed by atoms with Crippen LogP contribution >= 0.6 is 0 Å². The lowest BCUT2D eigenvalue weighted by Crippen LogP contribution is -2.55. The van der Waals surface area contributed by atoms with Gasteiger partial charge in [0.2, 0.25) is 0 Å². The van der Waals surface area contributed by atoms with E-state index in [-0.39, 0.29) is 0 Å². The van der Waals surface area contributed by atoms with Crippen molar-refractivity contribution in [2.45, 2.75) is 38.8 Å². The highest BCUT2D eigenvalue weighted by Crippen LogP contribution is 2.30. The van der Waals surface area contributed by atoms with Crippen LogP contribution in [0.1, 0.15) is 26.7 Å². The SMILES string of the molecule is CCCC1CN(c2ccccc2N(C)C)C(C)CN1. The molecule has 1 aromatic carbocycles. The first-order chi connectivity index (χ1) is 9.13. The van der Waals surface area contributed by atoms with Crippen LogP contribution in [0.15, 0.2) is 24.3 Å². The maximum absolute atomic E-state index is 3.66. The smallest absolute Gasteiger partial charge is 0.0607 e. The Morgan fingerprint density at radius 2 is 2.05 bits per heavy atom. The molecular formula is C16H27N3. The molecule has 2 atom stereocenters. The van der Waals surface area contributed by atoms with E-state index >= 15 is 0 Å². The van der Waals surface area contributed by atoms with E-state index in [1.54, 1.807) is 0 Å². The molecule has 0 aromatic heterocycles. The summed E-state index contributed by atoms with van der Waals surface area (Å²) in [6.07, 6.45) is 2.50. The third kappa shape index (κ3) is 3.21. The Morgan fingerprint density at radius 1 is 1.32 bits per heavy atom. The average molecular weight is 261 g/mol. The van der Waals surface area contributed by atoms with E-state index in [2.05, 4.69) is 67.3 Å². The fraction of sp³-hybridized carbons (Fsp3) is 0.625. The fourth-order valence-electron chi connectivity index (χ4n) is 2.89. The van der Waals surface area contributed by atoms with Gasteiger partial charge in [0.25, 0.3) is 0 Å². The maximum atomic E-state index is 3.66. The van der Waals surface area contributed by atoms with Gasteiger partial charge in [-0.3, -0.25) is 0 Å². The molecule has 2 rings (SSSR count). The molecule has 3 nitrogen and oxygen atoms in total. The number of hydrogen-bond donors (Lipinski definition) is 1. The van der Waals surface area contributed by atoms with Gasteiger partial charge in [-0.2, -0.15) is 0 Å². The lowest BCUT2D eigenvalue weighted by atomic mass is 10.0. The molecule has 1 aliphatic rings. The summed E-state index contributed by atoms with van der Waals surface area (Å²) in [5, 5.41) is 3.66. The highest BCUT2D eigenvalue weighted by molar-refractivity contribution is 5.71. The van der Waals surface area contributed by atoms with Crippen molar-refractivity contribution >= 4 is 11.4 Å². The van der Waals surface area contributed by atoms with Crippen LogP contribution in [0.2, 0.25) is 0 Å². The Hall–Kier alpha value is -1.22. The lowest BCUT2D eigenvalue weighted by Gasteiger charge is -2.41. The lowest BCUT2D eigenvalue weighted by molar-refractivity contribution is 0.386. The molecule has 106 valence electrons. The molecule has 3 heteroatoms. The molecule has 0 bridgehead atoms. The minimum Gasteiger partial charge on any atom is -0.376 e. The molecule has 0 spiro atoms. The van der Waals surface area contributed by atoms with Gasteiger partial charge in [0.1, 0.15) is 0 Å². The van der Waals surface area contributed by atoms with Crippen LogP contribution in [-0.2, 0) is 0 Å². The first kappa shape index (κ1) is 14.2. The van der Waals surface area contributed by atoms with Crippen molar-refractivity contribution < 1.29 is 0 Å². The molecule has 0 amide bonds. The van der Waals surface area contributed by atoms with Gasteiger partial charge in [-0.15, -0.1) is 0 Å². The van der Waals surface area contributed by atoms with Crippen LogP contribution < -0.4 is 15.1 Å². The molecular weight excluding hydrogens is 234 g/mol. The number of anilines is 2. The summed E-state index contributed by atoms with van der Waals surface area (Å²) in [5.41, 5.74) is 2.68. The predicted molar refractivity (Wildman–Crippen MR) is 84.3 cm³/mol. The summed E-state index contributed by atoms with van der Waals surface area (Å²) < 4.78 is 0. The highest BCUT2D eigenvalue weighted by atomic mass is 15.3. The van der Waals surface area contributed by atoms with Crippen molar-refractivity contribution in [1.29, 1.82) is 0 Å². The molecule has 2 unspecified atom stereocenters. The van der Waals surface area contributed by atoms with Gasteiger partial charge in [-0.25, -0.2) is 0 Å². The molecule has 1 N–H and O–H groups in total. The van der Waals surface area contributed by atoms with Crippen molar-refractivity contribution in [3.05, 3.63) is 24.3 Å². The highest BCUT2D eigenvalue weighted by Gasteiger charge is 2.26. The number of benzene rings is 1. The number of rotatable bonds is 4. The van der Waals surface area contributed by atoms with Crippen molar-refractivity contribution in [3.8, 4) is 0 Å². The Balaban J connectivity index is 2.23. The second-order valence-corrected chi connectivity index (χ2v) is 5.78. The molecule has 1 fully saturated rings. The van der Waals surface area contributed by atoms with E-state index in [1.807, 2.05) is 0 Å². The third-order valence-electron chi connectivity index (χ3n) is 3.96. The number of nitrogens with one attached hydrogen (secondary N) is 1. The van der Waals surface area contributed by atoms with Gasteiger partial charge in [-0.05, 0) is 25.5 Å². The quantitative estimate of drug-likeness (QED) is 0.899. The molecule has 1 saturated heterocycles. The predicted octanol–water partition coefficient (Wildman–Crippen LogP) is 2.72.